The first-order valence-corrected chi connectivity index (χ1v) is 6.10. The quantitative estimate of drug-likeness (QED) is 0.486. The molecule has 0 amide bonds. The maximum atomic E-state index is 11.0. The van der Waals surface area contributed by atoms with Crippen molar-refractivity contribution in [3.8, 4) is 0 Å². The van der Waals surface area contributed by atoms with Gasteiger partial charge in [-0.05, 0) is 13.8 Å². The van der Waals surface area contributed by atoms with Gasteiger partial charge >= 0.3 is 0 Å². The zero-order chi connectivity index (χ0) is 14.0. The summed E-state index contributed by atoms with van der Waals surface area (Å²) in [4.78, 5) is 18.9. The van der Waals surface area contributed by atoms with Crippen molar-refractivity contribution in [1.29, 1.82) is 0 Å². The Hall–Kier alpha value is -2.02. The van der Waals surface area contributed by atoms with Gasteiger partial charge in [-0.25, -0.2) is 9.67 Å². The Kier molecular flexibility index (Phi) is 3.75. The first-order valence-electron chi connectivity index (χ1n) is 5.56. The van der Waals surface area contributed by atoms with Gasteiger partial charge in [0.1, 0.15) is 12.2 Å². The standard InChI is InChI=1S/C11H12ClN5O2/c1-7-4-13-9(8(2)11(7)17(18)19)5-16-10(3-12)14-6-15-16/h4,6H,3,5H2,1-2H3. The van der Waals surface area contributed by atoms with E-state index in [4.69, 9.17) is 11.6 Å². The summed E-state index contributed by atoms with van der Waals surface area (Å²) in [6.45, 7) is 3.67. The van der Waals surface area contributed by atoms with Crippen molar-refractivity contribution in [3.63, 3.8) is 0 Å². The van der Waals surface area contributed by atoms with Crippen molar-refractivity contribution < 1.29 is 4.92 Å². The normalized spacial score (nSPS) is 10.7. The predicted molar refractivity (Wildman–Crippen MR) is 69.0 cm³/mol. The highest BCUT2D eigenvalue weighted by Crippen LogP contribution is 2.24. The SMILES string of the molecule is Cc1cnc(Cn2ncnc2CCl)c(C)c1[N+](=O)[O-]. The third-order valence-corrected chi connectivity index (χ3v) is 3.11. The van der Waals surface area contributed by atoms with Crippen LogP contribution in [0.3, 0.4) is 0 Å². The second-order valence-corrected chi connectivity index (χ2v) is 4.35. The molecule has 0 unspecified atom stereocenters. The third-order valence-electron chi connectivity index (χ3n) is 2.87. The van der Waals surface area contributed by atoms with E-state index in [9.17, 15) is 10.1 Å². The summed E-state index contributed by atoms with van der Waals surface area (Å²) in [6, 6.07) is 0. The van der Waals surface area contributed by atoms with Gasteiger partial charge in [-0.2, -0.15) is 5.10 Å². The van der Waals surface area contributed by atoms with Crippen LogP contribution in [-0.2, 0) is 12.4 Å². The van der Waals surface area contributed by atoms with E-state index in [1.54, 1.807) is 18.5 Å². The van der Waals surface area contributed by atoms with Gasteiger partial charge in [0, 0.05) is 11.8 Å². The van der Waals surface area contributed by atoms with Crippen LogP contribution in [0.25, 0.3) is 0 Å². The molecule has 0 saturated carbocycles. The molecule has 2 rings (SSSR count). The molecule has 0 atom stereocenters. The lowest BCUT2D eigenvalue weighted by molar-refractivity contribution is -0.386. The smallest absolute Gasteiger partial charge is 0.258 e. The Morgan fingerprint density at radius 1 is 1.42 bits per heavy atom. The van der Waals surface area contributed by atoms with Gasteiger partial charge in [0.25, 0.3) is 5.69 Å². The van der Waals surface area contributed by atoms with Crippen molar-refractivity contribution in [2.75, 3.05) is 0 Å². The van der Waals surface area contributed by atoms with E-state index in [2.05, 4.69) is 15.1 Å². The highest BCUT2D eigenvalue weighted by molar-refractivity contribution is 6.16. The summed E-state index contributed by atoms with van der Waals surface area (Å²) in [7, 11) is 0. The highest BCUT2D eigenvalue weighted by atomic mass is 35.5. The number of alkyl halides is 1. The number of halogens is 1. The molecule has 2 aromatic heterocycles. The molecule has 0 aliphatic heterocycles. The van der Waals surface area contributed by atoms with Crippen LogP contribution in [0.15, 0.2) is 12.5 Å². The topological polar surface area (TPSA) is 86.7 Å². The molecule has 2 heterocycles. The predicted octanol–water partition coefficient (Wildman–Crippen LogP) is 1.99. The fraction of sp³-hybridized carbons (Fsp3) is 0.364. The zero-order valence-corrected chi connectivity index (χ0v) is 11.3. The van der Waals surface area contributed by atoms with Gasteiger partial charge in [0.15, 0.2) is 0 Å². The minimum absolute atomic E-state index is 0.0949. The van der Waals surface area contributed by atoms with Crippen LogP contribution in [0.1, 0.15) is 22.6 Å². The van der Waals surface area contributed by atoms with Crippen molar-refractivity contribution in [2.24, 2.45) is 0 Å². The molecule has 0 aliphatic carbocycles. The van der Waals surface area contributed by atoms with E-state index >= 15 is 0 Å². The van der Waals surface area contributed by atoms with Crippen molar-refractivity contribution in [2.45, 2.75) is 26.3 Å². The highest BCUT2D eigenvalue weighted by Gasteiger charge is 2.19. The lowest BCUT2D eigenvalue weighted by Gasteiger charge is -2.08. The number of rotatable bonds is 4. The molecule has 2 aromatic rings. The fourth-order valence-corrected chi connectivity index (χ4v) is 2.08. The Bertz CT molecular complexity index is 626. The van der Waals surface area contributed by atoms with Crippen molar-refractivity contribution in [1.82, 2.24) is 19.7 Å². The summed E-state index contributed by atoms with van der Waals surface area (Å²) in [5, 5.41) is 15.1. The third kappa shape index (κ3) is 2.55. The molecule has 0 aliphatic rings. The second-order valence-electron chi connectivity index (χ2n) is 4.09. The van der Waals surface area contributed by atoms with Gasteiger partial charge in [-0.1, -0.05) is 0 Å². The Labute approximate surface area is 114 Å². The number of aryl methyl sites for hydroxylation is 1. The largest absolute Gasteiger partial charge is 0.278 e. The molecular formula is C11H12ClN5O2. The molecule has 0 fully saturated rings. The van der Waals surface area contributed by atoms with Crippen molar-refractivity contribution in [3.05, 3.63) is 45.3 Å². The number of hydrogen-bond donors (Lipinski definition) is 0. The maximum absolute atomic E-state index is 11.0. The molecule has 0 aromatic carbocycles. The van der Waals surface area contributed by atoms with Gasteiger partial charge < -0.3 is 0 Å². The summed E-state index contributed by atoms with van der Waals surface area (Å²) >= 11 is 5.73. The van der Waals surface area contributed by atoms with E-state index in [-0.39, 0.29) is 16.5 Å². The molecule has 0 radical (unpaired) electrons. The average molecular weight is 282 g/mol. The lowest BCUT2D eigenvalue weighted by atomic mass is 10.1. The van der Waals surface area contributed by atoms with Crippen LogP contribution < -0.4 is 0 Å². The molecule has 0 saturated heterocycles. The van der Waals surface area contributed by atoms with Crippen LogP contribution in [0.5, 0.6) is 0 Å². The second kappa shape index (κ2) is 5.31. The van der Waals surface area contributed by atoms with E-state index in [0.29, 0.717) is 29.2 Å². The average Bonchev–Trinajstić information content (AvgIpc) is 2.79. The summed E-state index contributed by atoms with van der Waals surface area (Å²) in [5.41, 5.74) is 1.77. The molecule has 19 heavy (non-hydrogen) atoms. The number of hydrogen-bond acceptors (Lipinski definition) is 5. The van der Waals surface area contributed by atoms with Crippen LogP contribution in [0.4, 0.5) is 5.69 Å². The van der Waals surface area contributed by atoms with Crippen molar-refractivity contribution >= 4 is 17.3 Å². The van der Waals surface area contributed by atoms with Gasteiger partial charge in [-0.15, -0.1) is 11.6 Å². The van der Waals surface area contributed by atoms with Gasteiger partial charge in [-0.3, -0.25) is 15.1 Å². The summed E-state index contributed by atoms with van der Waals surface area (Å²) in [6.07, 6.45) is 2.90. The number of pyridine rings is 1. The molecule has 0 N–H and O–H groups in total. The molecule has 8 heteroatoms. The monoisotopic (exact) mass is 281 g/mol. The van der Waals surface area contributed by atoms with E-state index < -0.39 is 0 Å². The Morgan fingerprint density at radius 3 is 2.79 bits per heavy atom. The molecule has 0 spiro atoms. The van der Waals surface area contributed by atoms with Gasteiger partial charge in [0.05, 0.1) is 28.6 Å². The molecule has 0 bridgehead atoms. The van der Waals surface area contributed by atoms with Gasteiger partial charge in [0.2, 0.25) is 0 Å². The summed E-state index contributed by atoms with van der Waals surface area (Å²) < 4.78 is 1.58. The number of nitrogens with zero attached hydrogens (tertiary/aromatic N) is 5. The number of nitro groups is 1. The Morgan fingerprint density at radius 2 is 2.16 bits per heavy atom. The van der Waals surface area contributed by atoms with Crippen LogP contribution in [0.2, 0.25) is 0 Å². The van der Waals surface area contributed by atoms with E-state index in [1.165, 1.54) is 12.5 Å². The zero-order valence-electron chi connectivity index (χ0n) is 10.5. The molecule has 7 nitrogen and oxygen atoms in total. The maximum Gasteiger partial charge on any atom is 0.278 e. The minimum Gasteiger partial charge on any atom is -0.258 e. The van der Waals surface area contributed by atoms with E-state index in [0.717, 1.165) is 0 Å². The van der Waals surface area contributed by atoms with Crippen LogP contribution >= 0.6 is 11.6 Å². The molecular weight excluding hydrogens is 270 g/mol. The molecule has 100 valence electrons. The first kappa shape index (κ1) is 13.4. The first-order chi connectivity index (χ1) is 9.04. The summed E-state index contributed by atoms with van der Waals surface area (Å²) in [5.74, 6) is 0.832. The van der Waals surface area contributed by atoms with Crippen LogP contribution in [0, 0.1) is 24.0 Å². The minimum atomic E-state index is -0.389. The fourth-order valence-electron chi connectivity index (χ4n) is 1.87. The van der Waals surface area contributed by atoms with E-state index in [1.807, 2.05) is 0 Å². The number of aromatic nitrogens is 4. The van der Waals surface area contributed by atoms with Crippen LogP contribution in [-0.4, -0.2) is 24.7 Å². The lowest BCUT2D eigenvalue weighted by Crippen LogP contribution is -2.10. The Balaban J connectivity index is 2.42.